The average molecular weight is 1520 g/mol. The van der Waals surface area contributed by atoms with E-state index in [1.54, 1.807) is 0 Å². The number of carbonyl (C=O) groups is 4. The van der Waals surface area contributed by atoms with Crippen LogP contribution in [0.3, 0.4) is 0 Å². The third-order valence-electron chi connectivity index (χ3n) is 16.2. The summed E-state index contributed by atoms with van der Waals surface area (Å²) in [4.78, 5) is 73.1. The first kappa shape index (κ1) is 100. The van der Waals surface area contributed by atoms with E-state index >= 15 is 0 Å². The lowest BCUT2D eigenvalue weighted by Gasteiger charge is -2.21. The van der Waals surface area contributed by atoms with Crippen molar-refractivity contribution in [3.8, 4) is 0 Å². The van der Waals surface area contributed by atoms with Crippen LogP contribution in [0.15, 0.2) is 170 Å². The van der Waals surface area contributed by atoms with Gasteiger partial charge >= 0.3 is 39.5 Å². The Morgan fingerprint density at radius 3 is 0.726 bits per heavy atom. The molecule has 17 nitrogen and oxygen atoms in total. The fourth-order valence-corrected chi connectivity index (χ4v) is 11.8. The molecule has 602 valence electrons. The Morgan fingerprint density at radius 2 is 0.462 bits per heavy atom. The van der Waals surface area contributed by atoms with E-state index in [0.717, 1.165) is 218 Å². The highest BCUT2D eigenvalue weighted by atomic mass is 31.2. The van der Waals surface area contributed by atoms with Crippen molar-refractivity contribution in [2.75, 3.05) is 39.6 Å². The van der Waals surface area contributed by atoms with Gasteiger partial charge in [0.15, 0.2) is 12.2 Å². The van der Waals surface area contributed by atoms with Crippen LogP contribution in [0.2, 0.25) is 0 Å². The van der Waals surface area contributed by atoms with Crippen LogP contribution in [0.1, 0.15) is 297 Å². The molecule has 0 aromatic heterocycles. The predicted octanol–water partition coefficient (Wildman–Crippen LogP) is 23.8. The van der Waals surface area contributed by atoms with Crippen LogP contribution in [-0.4, -0.2) is 96.7 Å². The minimum atomic E-state index is -5.00. The van der Waals surface area contributed by atoms with E-state index in [9.17, 15) is 43.2 Å². The molecule has 0 amide bonds. The van der Waals surface area contributed by atoms with Gasteiger partial charge in [-0.25, -0.2) is 9.13 Å². The first-order chi connectivity index (χ1) is 51.7. The summed E-state index contributed by atoms with van der Waals surface area (Å²) in [5.74, 6) is -2.28. The Morgan fingerprint density at radius 1 is 0.264 bits per heavy atom. The van der Waals surface area contributed by atoms with Gasteiger partial charge < -0.3 is 33.8 Å². The monoisotopic (exact) mass is 1520 g/mol. The van der Waals surface area contributed by atoms with Crippen molar-refractivity contribution in [1.82, 2.24) is 0 Å². The molecule has 0 heterocycles. The number of aliphatic hydroxyl groups is 1. The van der Waals surface area contributed by atoms with Crippen molar-refractivity contribution < 1.29 is 80.2 Å². The van der Waals surface area contributed by atoms with Gasteiger partial charge in [0.05, 0.1) is 26.4 Å². The molecule has 5 unspecified atom stereocenters. The predicted molar refractivity (Wildman–Crippen MR) is 436 cm³/mol. The molecule has 106 heavy (non-hydrogen) atoms. The van der Waals surface area contributed by atoms with Gasteiger partial charge in [-0.15, -0.1) is 0 Å². The number of rotatable bonds is 74. The maximum Gasteiger partial charge on any atom is 0.472 e. The summed E-state index contributed by atoms with van der Waals surface area (Å²) in [6.07, 6.45) is 91.8. The van der Waals surface area contributed by atoms with E-state index in [1.165, 1.54) is 0 Å². The summed E-state index contributed by atoms with van der Waals surface area (Å²) in [5.41, 5.74) is 0. The van der Waals surface area contributed by atoms with Crippen molar-refractivity contribution >= 4 is 39.5 Å². The summed E-state index contributed by atoms with van der Waals surface area (Å²) < 4.78 is 68.6. The van der Waals surface area contributed by atoms with Gasteiger partial charge in [-0.3, -0.25) is 37.3 Å². The van der Waals surface area contributed by atoms with Crippen LogP contribution < -0.4 is 0 Å². The number of unbranched alkanes of at least 4 members (excludes halogenated alkanes) is 20. The van der Waals surface area contributed by atoms with E-state index in [2.05, 4.69) is 198 Å². The molecule has 3 N–H and O–H groups in total. The first-order valence-corrected chi connectivity index (χ1v) is 43.4. The SMILES string of the molecule is CC/C=C\C/C=C\C/C=C\C/C=C\CCCCCCCCC(=O)OCC(COP(=O)(O)OCC(O)COP(=O)(O)OCC(COC(=O)CCCC/C=C\C/C=C\C/C=C\C/C=C\CC)OC(=O)CCCCCCC/C=C\C/C=C\C/C=C\CC)OC(=O)CCCCCCCCC/C=C\C/C=C\C/C=C\CC. The Labute approximate surface area is 642 Å². The smallest absolute Gasteiger partial charge is 0.462 e. The molecular formula is C87H142O17P2. The van der Waals surface area contributed by atoms with Gasteiger partial charge in [-0.05, 0) is 167 Å². The van der Waals surface area contributed by atoms with Gasteiger partial charge in [0.1, 0.15) is 19.3 Å². The molecular weight excluding hydrogens is 1380 g/mol. The molecule has 0 aromatic carbocycles. The number of hydrogen-bond acceptors (Lipinski definition) is 15. The maximum atomic E-state index is 13.1. The molecule has 19 heteroatoms. The fraction of sp³-hybridized carbons (Fsp3) is 0.632. The Balaban J connectivity index is 5.44. The Bertz CT molecular complexity index is 2680. The molecule has 0 saturated carbocycles. The number of esters is 4. The van der Waals surface area contributed by atoms with E-state index in [0.29, 0.717) is 25.7 Å². The second-order valence-corrected chi connectivity index (χ2v) is 29.1. The van der Waals surface area contributed by atoms with Crippen LogP contribution in [-0.2, 0) is 65.4 Å². The van der Waals surface area contributed by atoms with Crippen LogP contribution in [0.4, 0.5) is 0 Å². The molecule has 0 aromatic rings. The summed E-state index contributed by atoms with van der Waals surface area (Å²) >= 11 is 0. The number of phosphoric ester groups is 2. The van der Waals surface area contributed by atoms with E-state index in [-0.39, 0.29) is 25.7 Å². The van der Waals surface area contributed by atoms with E-state index in [1.807, 2.05) is 0 Å². The summed E-state index contributed by atoms with van der Waals surface area (Å²) in [5, 5.41) is 10.7. The first-order valence-electron chi connectivity index (χ1n) is 40.4. The minimum Gasteiger partial charge on any atom is -0.462 e. The van der Waals surface area contributed by atoms with Crippen molar-refractivity contribution in [2.45, 2.75) is 316 Å². The van der Waals surface area contributed by atoms with Gasteiger partial charge in [0.25, 0.3) is 0 Å². The number of aliphatic hydroxyl groups excluding tert-OH is 1. The average Bonchev–Trinajstić information content (AvgIpc) is 0.902. The van der Waals surface area contributed by atoms with Gasteiger partial charge in [-0.2, -0.15) is 0 Å². The van der Waals surface area contributed by atoms with Gasteiger partial charge in [0, 0.05) is 25.7 Å². The van der Waals surface area contributed by atoms with E-state index in [4.69, 9.17) is 37.0 Å². The standard InChI is InChI=1S/C87H142O17P2/c1-5-9-13-17-21-25-29-33-37-39-40-42-45-48-52-56-60-64-68-72-85(90)98-78-83(104-87(92)74-70-66-62-58-54-50-46-41-38-34-30-26-22-18-14-10-6-2)80-102-106(95,96)100-76-81(88)75-99-105(93,94)101-79-82(103-86(91)73-69-65-61-57-53-49-44-36-32-28-24-20-16-12-8-4)77-97-84(89)71-67-63-59-55-51-47-43-35-31-27-23-19-15-11-7-3/h9-16,21-28,33-38,40,42-44,51,55,81-83,88H,5-8,17-20,29-32,39,41,45-50,52-54,56-80H2,1-4H3,(H,93,94)(H,95,96)/b13-9-,14-10-,15-11-,16-12-,25-21-,26-22-,27-23-,28-24-,37-33-,38-34-,42-40-,43-35-,44-36-,55-51-. The number of ether oxygens (including phenoxy) is 4. The molecule has 0 aliphatic rings. The molecule has 0 bridgehead atoms. The maximum absolute atomic E-state index is 13.1. The van der Waals surface area contributed by atoms with Gasteiger partial charge in [0.2, 0.25) is 0 Å². The Hall–Kier alpha value is -5.58. The number of phosphoric acid groups is 2. The lowest BCUT2D eigenvalue weighted by molar-refractivity contribution is -0.161. The number of allylic oxidation sites excluding steroid dienone is 28. The highest BCUT2D eigenvalue weighted by Gasteiger charge is 2.30. The van der Waals surface area contributed by atoms with Crippen LogP contribution in [0.5, 0.6) is 0 Å². The zero-order chi connectivity index (χ0) is 77.4. The molecule has 5 atom stereocenters. The van der Waals surface area contributed by atoms with Crippen molar-refractivity contribution in [3.63, 3.8) is 0 Å². The highest BCUT2D eigenvalue weighted by molar-refractivity contribution is 7.47. The van der Waals surface area contributed by atoms with Crippen LogP contribution in [0.25, 0.3) is 0 Å². The summed E-state index contributed by atoms with van der Waals surface area (Å²) in [7, 11) is -10.00. The zero-order valence-electron chi connectivity index (χ0n) is 65.8. The quantitative estimate of drug-likeness (QED) is 0.0169. The third-order valence-corrected chi connectivity index (χ3v) is 18.1. The second-order valence-electron chi connectivity index (χ2n) is 26.2. The molecule has 0 saturated heterocycles. The lowest BCUT2D eigenvalue weighted by atomic mass is 10.1. The topological polar surface area (TPSA) is 237 Å². The summed E-state index contributed by atoms with van der Waals surface area (Å²) in [6, 6.07) is 0. The molecule has 0 fully saturated rings. The second kappa shape index (κ2) is 77.6. The molecule has 0 spiro atoms. The van der Waals surface area contributed by atoms with Crippen LogP contribution >= 0.6 is 15.6 Å². The van der Waals surface area contributed by atoms with Gasteiger partial charge in [-0.1, -0.05) is 275 Å². The number of hydrogen-bond donors (Lipinski definition) is 3. The number of carbonyl (C=O) groups excluding carboxylic acids is 4. The fourth-order valence-electron chi connectivity index (χ4n) is 10.2. The van der Waals surface area contributed by atoms with Crippen molar-refractivity contribution in [1.29, 1.82) is 0 Å². The normalized spacial score (nSPS) is 14.7. The van der Waals surface area contributed by atoms with Crippen LogP contribution in [0, 0.1) is 0 Å². The van der Waals surface area contributed by atoms with Crippen molar-refractivity contribution in [3.05, 3.63) is 170 Å². The highest BCUT2D eigenvalue weighted by Crippen LogP contribution is 2.45. The molecule has 0 rings (SSSR count). The van der Waals surface area contributed by atoms with E-state index < -0.39 is 97.5 Å². The molecule has 0 aliphatic heterocycles. The zero-order valence-corrected chi connectivity index (χ0v) is 67.6. The summed E-state index contributed by atoms with van der Waals surface area (Å²) in [6.45, 7) is 4.33. The third kappa shape index (κ3) is 76.6. The Kier molecular flexibility index (Phi) is 73.5. The lowest BCUT2D eigenvalue weighted by Crippen LogP contribution is -2.30. The molecule has 0 aliphatic carbocycles. The minimum absolute atomic E-state index is 0.0605. The largest absolute Gasteiger partial charge is 0.472 e. The molecule has 0 radical (unpaired) electrons. The van der Waals surface area contributed by atoms with Crippen molar-refractivity contribution in [2.24, 2.45) is 0 Å².